The number of nitrogens with zero attached hydrogens (tertiary/aromatic N) is 2. The normalized spacial score (nSPS) is 21.4. The summed E-state index contributed by atoms with van der Waals surface area (Å²) in [6.07, 6.45) is 3.63. The molecule has 0 atom stereocenters. The van der Waals surface area contributed by atoms with E-state index in [4.69, 9.17) is 23.2 Å². The minimum absolute atomic E-state index is 0.195. The number of pyridine rings is 1. The van der Waals surface area contributed by atoms with Gasteiger partial charge in [-0.1, -0.05) is 23.2 Å². The van der Waals surface area contributed by atoms with E-state index in [1.165, 1.54) is 12.3 Å². The lowest BCUT2D eigenvalue weighted by atomic mass is 9.89. The summed E-state index contributed by atoms with van der Waals surface area (Å²) < 4.78 is 0. The molecule has 5 nitrogen and oxygen atoms in total. The van der Waals surface area contributed by atoms with Gasteiger partial charge in [0.25, 0.3) is 0 Å². The SMILES string of the molecule is O=C(CN1CC(O)(C2CC2)C1)Nc1ncc(Cl)cc1Cl. The van der Waals surface area contributed by atoms with Gasteiger partial charge in [-0.25, -0.2) is 4.98 Å². The number of rotatable bonds is 4. The van der Waals surface area contributed by atoms with Crippen LogP contribution in [0.1, 0.15) is 12.8 Å². The molecule has 1 aliphatic heterocycles. The van der Waals surface area contributed by atoms with Gasteiger partial charge >= 0.3 is 0 Å². The fourth-order valence-electron chi connectivity index (χ4n) is 2.60. The predicted octanol–water partition coefficient (Wildman–Crippen LogP) is 1.78. The van der Waals surface area contributed by atoms with Gasteiger partial charge in [0, 0.05) is 19.3 Å². The molecule has 1 aromatic heterocycles. The number of hydrogen-bond acceptors (Lipinski definition) is 4. The van der Waals surface area contributed by atoms with Crippen molar-refractivity contribution in [2.24, 2.45) is 5.92 Å². The van der Waals surface area contributed by atoms with Crippen molar-refractivity contribution < 1.29 is 9.90 Å². The Bertz CT molecular complexity index is 542. The van der Waals surface area contributed by atoms with Crippen LogP contribution in [0.5, 0.6) is 0 Å². The minimum atomic E-state index is -0.573. The minimum Gasteiger partial charge on any atom is -0.387 e. The van der Waals surface area contributed by atoms with Gasteiger partial charge in [0.15, 0.2) is 5.82 Å². The molecular weight excluding hydrogens is 301 g/mol. The van der Waals surface area contributed by atoms with Crippen LogP contribution < -0.4 is 5.32 Å². The lowest BCUT2D eigenvalue weighted by Gasteiger charge is -2.46. The lowest BCUT2D eigenvalue weighted by Crippen LogP contribution is -2.64. The summed E-state index contributed by atoms with van der Waals surface area (Å²) in [7, 11) is 0. The zero-order valence-corrected chi connectivity index (χ0v) is 12.3. The van der Waals surface area contributed by atoms with Gasteiger partial charge in [0.05, 0.1) is 22.2 Å². The highest BCUT2D eigenvalue weighted by molar-refractivity contribution is 6.36. The molecule has 0 unspecified atom stereocenters. The van der Waals surface area contributed by atoms with Crippen molar-refractivity contribution in [3.05, 3.63) is 22.3 Å². The van der Waals surface area contributed by atoms with E-state index in [1.807, 2.05) is 4.90 Å². The number of aromatic nitrogens is 1. The quantitative estimate of drug-likeness (QED) is 0.889. The third-order valence-corrected chi connectivity index (χ3v) is 4.26. The fraction of sp³-hybridized carbons (Fsp3) is 0.538. The molecule has 1 saturated heterocycles. The molecule has 0 aromatic carbocycles. The topological polar surface area (TPSA) is 65.5 Å². The first-order valence-corrected chi connectivity index (χ1v) is 7.27. The van der Waals surface area contributed by atoms with E-state index in [-0.39, 0.29) is 12.5 Å². The van der Waals surface area contributed by atoms with Gasteiger partial charge in [0.2, 0.25) is 5.91 Å². The molecule has 7 heteroatoms. The van der Waals surface area contributed by atoms with Crippen molar-refractivity contribution in [1.29, 1.82) is 0 Å². The van der Waals surface area contributed by atoms with Crippen LogP contribution >= 0.6 is 23.2 Å². The standard InChI is InChI=1S/C13H15Cl2N3O2/c14-9-3-10(15)12(16-4-9)17-11(19)5-18-6-13(20,7-18)8-1-2-8/h3-4,8,20H,1-2,5-7H2,(H,16,17,19). The van der Waals surface area contributed by atoms with Crippen LogP contribution in [-0.4, -0.2) is 46.1 Å². The van der Waals surface area contributed by atoms with E-state index in [9.17, 15) is 9.90 Å². The van der Waals surface area contributed by atoms with Gasteiger partial charge in [-0.05, 0) is 24.8 Å². The summed E-state index contributed by atoms with van der Waals surface area (Å²) in [5.74, 6) is 0.535. The molecule has 2 heterocycles. The van der Waals surface area contributed by atoms with Crippen LogP contribution in [0.4, 0.5) is 5.82 Å². The van der Waals surface area contributed by atoms with Crippen molar-refractivity contribution in [3.8, 4) is 0 Å². The summed E-state index contributed by atoms with van der Waals surface area (Å²) in [6, 6.07) is 1.53. The third kappa shape index (κ3) is 2.91. The number of aliphatic hydroxyl groups is 1. The van der Waals surface area contributed by atoms with Crippen LogP contribution in [-0.2, 0) is 4.79 Å². The summed E-state index contributed by atoms with van der Waals surface area (Å²) in [6.45, 7) is 1.36. The van der Waals surface area contributed by atoms with Gasteiger partial charge in [-0.15, -0.1) is 0 Å². The fourth-order valence-corrected chi connectivity index (χ4v) is 3.03. The van der Waals surface area contributed by atoms with Crippen LogP contribution in [0.3, 0.4) is 0 Å². The maximum Gasteiger partial charge on any atom is 0.239 e. The van der Waals surface area contributed by atoms with Crippen LogP contribution in [0, 0.1) is 5.92 Å². The van der Waals surface area contributed by atoms with Crippen molar-refractivity contribution in [2.45, 2.75) is 18.4 Å². The molecule has 2 aliphatic rings. The highest BCUT2D eigenvalue weighted by Gasteiger charge is 2.51. The molecule has 2 N–H and O–H groups in total. The molecule has 0 bridgehead atoms. The monoisotopic (exact) mass is 315 g/mol. The van der Waals surface area contributed by atoms with Crippen molar-refractivity contribution in [2.75, 3.05) is 25.0 Å². The Morgan fingerprint density at radius 1 is 1.50 bits per heavy atom. The molecule has 108 valence electrons. The maximum atomic E-state index is 11.9. The van der Waals surface area contributed by atoms with Crippen molar-refractivity contribution in [1.82, 2.24) is 9.88 Å². The number of carbonyl (C=O) groups excluding carboxylic acids is 1. The van der Waals surface area contributed by atoms with E-state index in [0.29, 0.717) is 34.9 Å². The Balaban J connectivity index is 1.50. The Morgan fingerprint density at radius 2 is 2.20 bits per heavy atom. The van der Waals surface area contributed by atoms with Crippen molar-refractivity contribution >= 4 is 34.9 Å². The summed E-state index contributed by atoms with van der Waals surface area (Å²) in [5, 5.41) is 13.6. The number of carbonyl (C=O) groups is 1. The second kappa shape index (κ2) is 5.15. The first-order chi connectivity index (χ1) is 9.46. The Morgan fingerprint density at radius 3 is 2.80 bits per heavy atom. The second-order valence-electron chi connectivity index (χ2n) is 5.56. The first kappa shape index (κ1) is 14.1. The van der Waals surface area contributed by atoms with Crippen molar-refractivity contribution in [3.63, 3.8) is 0 Å². The molecular formula is C13H15Cl2N3O2. The number of hydrogen-bond donors (Lipinski definition) is 2. The predicted molar refractivity (Wildman–Crippen MR) is 77.0 cm³/mol. The largest absolute Gasteiger partial charge is 0.387 e. The zero-order valence-electron chi connectivity index (χ0n) is 10.8. The molecule has 0 radical (unpaired) electrons. The summed E-state index contributed by atoms with van der Waals surface area (Å²) in [5.41, 5.74) is -0.573. The van der Waals surface area contributed by atoms with E-state index < -0.39 is 5.60 Å². The Hall–Kier alpha value is -0.880. The molecule has 1 saturated carbocycles. The Labute approximate surface area is 126 Å². The summed E-state index contributed by atoms with van der Waals surface area (Å²) in [4.78, 5) is 17.8. The zero-order chi connectivity index (χ0) is 14.3. The Kier molecular flexibility index (Phi) is 3.62. The van der Waals surface area contributed by atoms with E-state index >= 15 is 0 Å². The van der Waals surface area contributed by atoms with Crippen LogP contribution in [0.2, 0.25) is 10.0 Å². The molecule has 20 heavy (non-hydrogen) atoms. The van der Waals surface area contributed by atoms with Crippen LogP contribution in [0.15, 0.2) is 12.3 Å². The molecule has 2 fully saturated rings. The van der Waals surface area contributed by atoms with E-state index in [0.717, 1.165) is 12.8 Å². The number of likely N-dealkylation sites (tertiary alicyclic amines) is 1. The first-order valence-electron chi connectivity index (χ1n) is 6.52. The molecule has 1 amide bonds. The summed E-state index contributed by atoms with van der Waals surface area (Å²) >= 11 is 11.7. The maximum absolute atomic E-state index is 11.9. The van der Waals surface area contributed by atoms with Gasteiger partial charge in [-0.3, -0.25) is 9.69 Å². The van der Waals surface area contributed by atoms with Crippen LogP contribution in [0.25, 0.3) is 0 Å². The van der Waals surface area contributed by atoms with Gasteiger partial charge < -0.3 is 10.4 Å². The van der Waals surface area contributed by atoms with E-state index in [1.54, 1.807) is 0 Å². The number of amides is 1. The molecule has 0 spiro atoms. The third-order valence-electron chi connectivity index (χ3n) is 3.76. The highest BCUT2D eigenvalue weighted by atomic mass is 35.5. The number of β-amino-alcohol motifs (C(OH)–C–C–N with tert-alkyl or cyclic N) is 1. The number of nitrogens with one attached hydrogen (secondary N) is 1. The number of halogens is 2. The average molecular weight is 316 g/mol. The average Bonchev–Trinajstić information content (AvgIpc) is 3.15. The van der Waals surface area contributed by atoms with Gasteiger partial charge in [0.1, 0.15) is 0 Å². The molecule has 3 rings (SSSR count). The molecule has 1 aliphatic carbocycles. The second-order valence-corrected chi connectivity index (χ2v) is 6.40. The number of anilines is 1. The highest BCUT2D eigenvalue weighted by Crippen LogP contribution is 2.44. The molecule has 1 aromatic rings. The lowest BCUT2D eigenvalue weighted by molar-refractivity contribution is -0.132. The van der Waals surface area contributed by atoms with E-state index in [2.05, 4.69) is 10.3 Å². The smallest absolute Gasteiger partial charge is 0.239 e. The van der Waals surface area contributed by atoms with Gasteiger partial charge in [-0.2, -0.15) is 0 Å².